The molecule has 0 radical (unpaired) electrons. The van der Waals surface area contributed by atoms with E-state index < -0.39 is 0 Å². The molecule has 21 heavy (non-hydrogen) atoms. The van der Waals surface area contributed by atoms with Gasteiger partial charge in [-0.15, -0.1) is 0 Å². The van der Waals surface area contributed by atoms with Gasteiger partial charge in [0.25, 0.3) is 0 Å². The third kappa shape index (κ3) is 4.31. The van der Waals surface area contributed by atoms with E-state index in [1.54, 1.807) is 0 Å². The third-order valence-electron chi connectivity index (χ3n) is 4.97. The van der Waals surface area contributed by atoms with Crippen LogP contribution in [0.25, 0.3) is 0 Å². The zero-order valence-corrected chi connectivity index (χ0v) is 14.2. The number of rotatable bonds is 8. The molecule has 2 rings (SSSR count). The van der Waals surface area contributed by atoms with Crippen LogP contribution < -0.4 is 5.32 Å². The molecule has 1 aliphatic rings. The smallest absolute Gasteiger partial charge is 0.0693 e. The highest BCUT2D eigenvalue weighted by Crippen LogP contribution is 2.39. The fraction of sp³-hybridized carbons (Fsp3) is 0.684. The fourth-order valence-electron chi connectivity index (χ4n) is 3.36. The van der Waals surface area contributed by atoms with Crippen LogP contribution in [0.3, 0.4) is 0 Å². The molecule has 118 valence electrons. The van der Waals surface area contributed by atoms with Crippen LogP contribution in [-0.2, 0) is 11.2 Å². The lowest BCUT2D eigenvalue weighted by Crippen LogP contribution is -2.46. The predicted molar refractivity (Wildman–Crippen MR) is 89.9 cm³/mol. The highest BCUT2D eigenvalue weighted by molar-refractivity contribution is 5.31. The minimum absolute atomic E-state index is 0.142. The largest absolute Gasteiger partial charge is 0.378 e. The van der Waals surface area contributed by atoms with E-state index in [0.29, 0.717) is 6.04 Å². The van der Waals surface area contributed by atoms with Crippen molar-refractivity contribution in [2.75, 3.05) is 13.7 Å². The molecule has 1 N–H and O–H groups in total. The van der Waals surface area contributed by atoms with Gasteiger partial charge in [-0.2, -0.15) is 0 Å². The van der Waals surface area contributed by atoms with E-state index in [2.05, 4.69) is 44.3 Å². The molecule has 1 aromatic carbocycles. The topological polar surface area (TPSA) is 21.3 Å². The molecule has 0 spiro atoms. The van der Waals surface area contributed by atoms with Gasteiger partial charge in [-0.1, -0.05) is 30.7 Å². The fourth-order valence-corrected chi connectivity index (χ4v) is 3.36. The molecule has 2 nitrogen and oxygen atoms in total. The van der Waals surface area contributed by atoms with E-state index >= 15 is 0 Å². The van der Waals surface area contributed by atoms with Crippen LogP contribution in [0.15, 0.2) is 18.2 Å². The van der Waals surface area contributed by atoms with Crippen LogP contribution in [0.4, 0.5) is 0 Å². The summed E-state index contributed by atoms with van der Waals surface area (Å²) < 4.78 is 5.84. The summed E-state index contributed by atoms with van der Waals surface area (Å²) in [5.41, 5.74) is 4.39. The Morgan fingerprint density at radius 3 is 2.62 bits per heavy atom. The van der Waals surface area contributed by atoms with Crippen LogP contribution in [0, 0.1) is 13.8 Å². The minimum atomic E-state index is 0.142. The van der Waals surface area contributed by atoms with Crippen molar-refractivity contribution in [3.05, 3.63) is 34.9 Å². The second kappa shape index (κ2) is 7.42. The van der Waals surface area contributed by atoms with Crippen molar-refractivity contribution in [1.29, 1.82) is 0 Å². The Hall–Kier alpha value is -0.860. The SMILES string of the molecule is CCCNC(Cc1cc(C)ccc1C)CC1(OC)CCC1. The first-order valence-electron chi connectivity index (χ1n) is 8.43. The second-order valence-corrected chi connectivity index (χ2v) is 6.73. The van der Waals surface area contributed by atoms with E-state index in [9.17, 15) is 0 Å². The third-order valence-corrected chi connectivity index (χ3v) is 4.97. The standard InChI is InChI=1S/C19H31NO/c1-5-11-20-18(14-19(21-4)9-6-10-19)13-17-12-15(2)7-8-16(17)3/h7-8,12,18,20H,5-6,9-11,13-14H2,1-4H3. The molecule has 1 unspecified atom stereocenters. The van der Waals surface area contributed by atoms with Crippen LogP contribution >= 0.6 is 0 Å². The highest BCUT2D eigenvalue weighted by atomic mass is 16.5. The van der Waals surface area contributed by atoms with Crippen molar-refractivity contribution in [3.8, 4) is 0 Å². The first-order chi connectivity index (χ1) is 10.1. The number of hydrogen-bond acceptors (Lipinski definition) is 2. The molecule has 0 saturated heterocycles. The summed E-state index contributed by atoms with van der Waals surface area (Å²) in [5, 5.41) is 3.74. The Morgan fingerprint density at radius 1 is 1.29 bits per heavy atom. The lowest BCUT2D eigenvalue weighted by atomic mass is 9.74. The Kier molecular flexibility index (Phi) is 5.83. The Balaban J connectivity index is 2.06. The Morgan fingerprint density at radius 2 is 2.05 bits per heavy atom. The van der Waals surface area contributed by atoms with Crippen LogP contribution in [0.5, 0.6) is 0 Å². The van der Waals surface area contributed by atoms with Crippen molar-refractivity contribution in [2.24, 2.45) is 0 Å². The monoisotopic (exact) mass is 289 g/mol. The molecule has 1 aromatic rings. The molecular weight excluding hydrogens is 258 g/mol. The molecule has 0 heterocycles. The molecule has 1 saturated carbocycles. The average Bonchev–Trinajstić information content (AvgIpc) is 2.43. The number of benzene rings is 1. The summed E-state index contributed by atoms with van der Waals surface area (Å²) in [6, 6.07) is 7.31. The van der Waals surface area contributed by atoms with Gasteiger partial charge in [0.2, 0.25) is 0 Å². The zero-order chi connectivity index (χ0) is 15.3. The molecule has 2 heteroatoms. The summed E-state index contributed by atoms with van der Waals surface area (Å²) in [6.45, 7) is 7.73. The summed E-state index contributed by atoms with van der Waals surface area (Å²) in [6.07, 6.45) is 7.19. The minimum Gasteiger partial charge on any atom is -0.378 e. The average molecular weight is 289 g/mol. The second-order valence-electron chi connectivity index (χ2n) is 6.73. The van der Waals surface area contributed by atoms with Crippen LogP contribution in [0.2, 0.25) is 0 Å². The number of ether oxygens (including phenoxy) is 1. The number of methoxy groups -OCH3 is 1. The lowest BCUT2D eigenvalue weighted by molar-refractivity contribution is -0.0834. The maximum atomic E-state index is 5.84. The quantitative estimate of drug-likeness (QED) is 0.775. The van der Waals surface area contributed by atoms with Gasteiger partial charge >= 0.3 is 0 Å². The van der Waals surface area contributed by atoms with E-state index in [0.717, 1.165) is 19.4 Å². The maximum absolute atomic E-state index is 5.84. The molecule has 1 atom stereocenters. The van der Waals surface area contributed by atoms with Crippen LogP contribution in [0.1, 0.15) is 55.7 Å². The van der Waals surface area contributed by atoms with E-state index in [1.165, 1.54) is 42.4 Å². The number of hydrogen-bond donors (Lipinski definition) is 1. The normalized spacial score (nSPS) is 18.3. The zero-order valence-electron chi connectivity index (χ0n) is 14.2. The van der Waals surface area contributed by atoms with Crippen molar-refractivity contribution in [1.82, 2.24) is 5.32 Å². The Labute approximate surface area is 130 Å². The van der Waals surface area contributed by atoms with E-state index in [-0.39, 0.29) is 5.60 Å². The Bertz CT molecular complexity index is 445. The van der Waals surface area contributed by atoms with Crippen LogP contribution in [-0.4, -0.2) is 25.3 Å². The summed E-state index contributed by atoms with van der Waals surface area (Å²) in [4.78, 5) is 0. The summed E-state index contributed by atoms with van der Waals surface area (Å²) in [7, 11) is 1.88. The number of nitrogens with one attached hydrogen (secondary N) is 1. The van der Waals surface area contributed by atoms with Crippen molar-refractivity contribution >= 4 is 0 Å². The first kappa shape index (κ1) is 16.5. The van der Waals surface area contributed by atoms with Gasteiger partial charge in [0.1, 0.15) is 0 Å². The molecule has 0 amide bonds. The van der Waals surface area contributed by atoms with Gasteiger partial charge in [0, 0.05) is 13.2 Å². The van der Waals surface area contributed by atoms with E-state index in [1.807, 2.05) is 7.11 Å². The maximum Gasteiger partial charge on any atom is 0.0693 e. The first-order valence-corrected chi connectivity index (χ1v) is 8.43. The molecular formula is C19H31NO. The van der Waals surface area contributed by atoms with Crippen molar-refractivity contribution < 1.29 is 4.74 Å². The van der Waals surface area contributed by atoms with Crippen molar-refractivity contribution in [2.45, 2.75) is 70.9 Å². The molecule has 0 aromatic heterocycles. The molecule has 1 fully saturated rings. The van der Waals surface area contributed by atoms with Gasteiger partial charge in [0.05, 0.1) is 5.60 Å². The predicted octanol–water partition coefficient (Wildman–Crippen LogP) is 4.17. The van der Waals surface area contributed by atoms with Gasteiger partial charge in [-0.25, -0.2) is 0 Å². The van der Waals surface area contributed by atoms with Gasteiger partial charge in [-0.3, -0.25) is 0 Å². The summed E-state index contributed by atoms with van der Waals surface area (Å²) >= 11 is 0. The molecule has 0 bridgehead atoms. The molecule has 0 aliphatic heterocycles. The van der Waals surface area contributed by atoms with Crippen molar-refractivity contribution in [3.63, 3.8) is 0 Å². The van der Waals surface area contributed by atoms with Gasteiger partial charge in [-0.05, 0) is 70.0 Å². The number of aryl methyl sites for hydroxylation is 2. The summed E-state index contributed by atoms with van der Waals surface area (Å²) in [5.74, 6) is 0. The van der Waals surface area contributed by atoms with Gasteiger partial charge < -0.3 is 10.1 Å². The lowest BCUT2D eigenvalue weighted by Gasteiger charge is -2.43. The molecule has 1 aliphatic carbocycles. The van der Waals surface area contributed by atoms with Gasteiger partial charge in [0.15, 0.2) is 0 Å². The highest BCUT2D eigenvalue weighted by Gasteiger charge is 2.38. The van der Waals surface area contributed by atoms with E-state index in [4.69, 9.17) is 4.74 Å².